The highest BCUT2D eigenvalue weighted by atomic mass is 35.5. The molecule has 1 unspecified atom stereocenters. The van der Waals surface area contributed by atoms with Crippen molar-refractivity contribution >= 4 is 29.5 Å². The van der Waals surface area contributed by atoms with E-state index in [0.29, 0.717) is 11.3 Å². The van der Waals surface area contributed by atoms with Crippen molar-refractivity contribution < 1.29 is 19.4 Å². The normalized spacial score (nSPS) is 12.2. The number of hydrogen-bond acceptors (Lipinski definition) is 4. The summed E-state index contributed by atoms with van der Waals surface area (Å²) in [5, 5.41) is 9.99. The van der Waals surface area contributed by atoms with Gasteiger partial charge in [0.15, 0.2) is 6.29 Å². The third-order valence-electron chi connectivity index (χ3n) is 1.94. The van der Waals surface area contributed by atoms with Crippen LogP contribution in [0.2, 0.25) is 10.0 Å². The number of ether oxygens (including phenoxy) is 2. The van der Waals surface area contributed by atoms with E-state index in [2.05, 4.69) is 0 Å². The molecule has 0 radical (unpaired) electrons. The van der Waals surface area contributed by atoms with Crippen LogP contribution in [0.15, 0.2) is 12.1 Å². The predicted molar refractivity (Wildman–Crippen MR) is 65.2 cm³/mol. The Kier molecular flexibility index (Phi) is 5.71. The molecule has 0 aliphatic carbocycles. The minimum atomic E-state index is -0.786. The van der Waals surface area contributed by atoms with Gasteiger partial charge in [-0.15, -0.1) is 0 Å². The van der Waals surface area contributed by atoms with Gasteiger partial charge in [-0.2, -0.15) is 0 Å². The van der Waals surface area contributed by atoms with Gasteiger partial charge in [0.25, 0.3) is 0 Å². The van der Waals surface area contributed by atoms with Crippen LogP contribution in [0.25, 0.3) is 0 Å². The molecule has 94 valence electrons. The largest absolute Gasteiger partial charge is 0.488 e. The molecule has 4 nitrogen and oxygen atoms in total. The van der Waals surface area contributed by atoms with E-state index in [1.54, 1.807) is 0 Å². The van der Waals surface area contributed by atoms with Gasteiger partial charge in [0, 0.05) is 12.1 Å². The minimum absolute atomic E-state index is 0.0178. The molecule has 0 aliphatic rings. The second kappa shape index (κ2) is 6.81. The van der Waals surface area contributed by atoms with E-state index in [-0.39, 0.29) is 29.5 Å². The molecule has 0 spiro atoms. The average Bonchev–Trinajstić information content (AvgIpc) is 2.27. The van der Waals surface area contributed by atoms with Gasteiger partial charge < -0.3 is 14.6 Å². The lowest BCUT2D eigenvalue weighted by atomic mass is 10.2. The second-order valence-corrected chi connectivity index (χ2v) is 4.19. The van der Waals surface area contributed by atoms with Crippen molar-refractivity contribution in [3.63, 3.8) is 0 Å². The van der Waals surface area contributed by atoms with Crippen molar-refractivity contribution in [1.82, 2.24) is 0 Å². The third-order valence-corrected chi connectivity index (χ3v) is 2.44. The van der Waals surface area contributed by atoms with Gasteiger partial charge in [-0.05, 0) is 12.1 Å². The number of methoxy groups -OCH3 is 1. The lowest BCUT2D eigenvalue weighted by Gasteiger charge is -2.14. The molecule has 0 fully saturated rings. The number of hydrogen-bond donors (Lipinski definition) is 1. The van der Waals surface area contributed by atoms with Crippen LogP contribution in [-0.2, 0) is 4.74 Å². The van der Waals surface area contributed by atoms with E-state index in [9.17, 15) is 9.90 Å². The van der Waals surface area contributed by atoms with Crippen molar-refractivity contribution in [3.8, 4) is 5.75 Å². The zero-order chi connectivity index (χ0) is 12.8. The standard InChI is InChI=1S/C11H12Cl2O4/c1-16-5-9(15)6-17-11-7(4-14)2-8(12)3-10(11)13/h2-4,9,15H,5-6H2,1H3. The maximum atomic E-state index is 10.8. The number of aliphatic hydroxyl groups is 1. The Morgan fingerprint density at radius 3 is 2.71 bits per heavy atom. The summed E-state index contributed by atoms with van der Waals surface area (Å²) in [6, 6.07) is 2.91. The van der Waals surface area contributed by atoms with Crippen LogP contribution < -0.4 is 4.74 Å². The number of rotatable bonds is 6. The molecule has 0 aromatic heterocycles. The summed E-state index contributed by atoms with van der Waals surface area (Å²) in [6.07, 6.45) is -0.193. The van der Waals surface area contributed by atoms with Gasteiger partial charge in [0.05, 0.1) is 17.2 Å². The quantitative estimate of drug-likeness (QED) is 0.811. The van der Waals surface area contributed by atoms with E-state index in [0.717, 1.165) is 0 Å². The van der Waals surface area contributed by atoms with Crippen LogP contribution in [-0.4, -0.2) is 37.8 Å². The molecule has 1 rings (SSSR count). The summed E-state index contributed by atoms with van der Waals surface area (Å²) in [6.45, 7) is 0.123. The third kappa shape index (κ3) is 4.16. The van der Waals surface area contributed by atoms with E-state index >= 15 is 0 Å². The van der Waals surface area contributed by atoms with Crippen molar-refractivity contribution in [3.05, 3.63) is 27.7 Å². The zero-order valence-electron chi connectivity index (χ0n) is 9.15. The topological polar surface area (TPSA) is 55.8 Å². The monoisotopic (exact) mass is 278 g/mol. The van der Waals surface area contributed by atoms with Crippen molar-refractivity contribution in [1.29, 1.82) is 0 Å². The Balaban J connectivity index is 2.79. The van der Waals surface area contributed by atoms with Gasteiger partial charge >= 0.3 is 0 Å². The van der Waals surface area contributed by atoms with E-state index in [1.165, 1.54) is 19.2 Å². The van der Waals surface area contributed by atoms with Crippen LogP contribution in [0.4, 0.5) is 0 Å². The Morgan fingerprint density at radius 2 is 2.12 bits per heavy atom. The van der Waals surface area contributed by atoms with Crippen LogP contribution >= 0.6 is 23.2 Å². The fourth-order valence-corrected chi connectivity index (χ4v) is 1.80. The molecule has 0 saturated carbocycles. The summed E-state index contributed by atoms with van der Waals surface area (Å²) in [5.41, 5.74) is 0.243. The first-order chi connectivity index (χ1) is 8.08. The first kappa shape index (κ1) is 14.3. The Morgan fingerprint density at radius 1 is 1.41 bits per heavy atom. The van der Waals surface area contributed by atoms with Gasteiger partial charge in [-0.25, -0.2) is 0 Å². The second-order valence-electron chi connectivity index (χ2n) is 3.34. The number of benzene rings is 1. The number of carbonyl (C=O) groups excluding carboxylic acids is 1. The molecule has 0 heterocycles. The fourth-order valence-electron chi connectivity index (χ4n) is 1.24. The molecule has 0 saturated heterocycles. The lowest BCUT2D eigenvalue weighted by molar-refractivity contribution is 0.0324. The highest BCUT2D eigenvalue weighted by Crippen LogP contribution is 2.31. The first-order valence-corrected chi connectivity index (χ1v) is 5.58. The maximum absolute atomic E-state index is 10.8. The molecule has 0 amide bonds. The molecule has 6 heteroatoms. The molecule has 17 heavy (non-hydrogen) atoms. The van der Waals surface area contributed by atoms with Crippen LogP contribution in [0.5, 0.6) is 5.75 Å². The average molecular weight is 279 g/mol. The number of aliphatic hydroxyl groups excluding tert-OH is 1. The van der Waals surface area contributed by atoms with Crippen LogP contribution in [0.1, 0.15) is 10.4 Å². The number of halogens is 2. The minimum Gasteiger partial charge on any atom is -0.488 e. The Bertz CT molecular complexity index is 395. The van der Waals surface area contributed by atoms with Gasteiger partial charge in [-0.3, -0.25) is 4.79 Å². The fraction of sp³-hybridized carbons (Fsp3) is 0.364. The SMILES string of the molecule is COCC(O)COc1c(Cl)cc(Cl)cc1C=O. The van der Waals surface area contributed by atoms with E-state index in [1.807, 2.05) is 0 Å². The maximum Gasteiger partial charge on any atom is 0.153 e. The molecule has 1 aromatic carbocycles. The highest BCUT2D eigenvalue weighted by molar-refractivity contribution is 6.36. The zero-order valence-corrected chi connectivity index (χ0v) is 10.7. The molecule has 1 N–H and O–H groups in total. The number of carbonyl (C=O) groups is 1. The van der Waals surface area contributed by atoms with Crippen molar-refractivity contribution in [2.24, 2.45) is 0 Å². The van der Waals surface area contributed by atoms with Crippen LogP contribution in [0.3, 0.4) is 0 Å². The van der Waals surface area contributed by atoms with Crippen LogP contribution in [0, 0.1) is 0 Å². The van der Waals surface area contributed by atoms with E-state index < -0.39 is 6.10 Å². The number of aldehydes is 1. The lowest BCUT2D eigenvalue weighted by Crippen LogP contribution is -2.23. The molecule has 1 aromatic rings. The summed E-state index contributed by atoms with van der Waals surface area (Å²) in [5.74, 6) is 0.209. The Labute approximate surface area is 109 Å². The smallest absolute Gasteiger partial charge is 0.153 e. The Hall–Kier alpha value is -0.810. The van der Waals surface area contributed by atoms with Gasteiger partial charge in [0.2, 0.25) is 0 Å². The summed E-state index contributed by atoms with van der Waals surface area (Å²) < 4.78 is 10.0. The summed E-state index contributed by atoms with van der Waals surface area (Å²) >= 11 is 11.6. The molecule has 1 atom stereocenters. The van der Waals surface area contributed by atoms with Crippen molar-refractivity contribution in [2.45, 2.75) is 6.10 Å². The van der Waals surface area contributed by atoms with Gasteiger partial charge in [0.1, 0.15) is 18.5 Å². The molecule has 0 bridgehead atoms. The highest BCUT2D eigenvalue weighted by Gasteiger charge is 2.12. The summed E-state index contributed by atoms with van der Waals surface area (Å²) in [4.78, 5) is 10.8. The molecule has 0 aliphatic heterocycles. The van der Waals surface area contributed by atoms with Crippen molar-refractivity contribution in [2.75, 3.05) is 20.3 Å². The molecular weight excluding hydrogens is 267 g/mol. The first-order valence-electron chi connectivity index (χ1n) is 4.82. The predicted octanol–water partition coefficient (Wildman–Crippen LogP) is 2.19. The summed E-state index contributed by atoms with van der Waals surface area (Å²) in [7, 11) is 1.47. The van der Waals surface area contributed by atoms with E-state index in [4.69, 9.17) is 32.7 Å². The molecular formula is C11H12Cl2O4. The van der Waals surface area contributed by atoms with Gasteiger partial charge in [-0.1, -0.05) is 23.2 Å².